The second kappa shape index (κ2) is 6.58. The quantitative estimate of drug-likeness (QED) is 0.560. The number of carbonyl (C=O) groups excluding carboxylic acids is 1. The van der Waals surface area contributed by atoms with Crippen LogP contribution in [-0.2, 0) is 16.3 Å². The standard InChI is InChI=1S/C20H18N2O3S2/c1-12(2)27(24,25)15-9-7-13(8-10-15)19(23)22-20-21-18-16-6-4-3-5-14(16)11-17(18)26-20/h3-10,12H,11H2,1-2H3,(H,21,22,23). The number of thiazole rings is 1. The number of anilines is 1. The van der Waals surface area contributed by atoms with Gasteiger partial charge in [0.2, 0.25) is 0 Å². The zero-order valence-corrected chi connectivity index (χ0v) is 16.5. The summed E-state index contributed by atoms with van der Waals surface area (Å²) in [5.41, 5.74) is 3.70. The Bertz CT molecular complexity index is 1130. The second-order valence-corrected chi connectivity index (χ2v) is 10.3. The van der Waals surface area contributed by atoms with E-state index in [1.807, 2.05) is 18.2 Å². The van der Waals surface area contributed by atoms with Crippen LogP contribution in [0, 0.1) is 0 Å². The van der Waals surface area contributed by atoms with Crippen LogP contribution in [-0.4, -0.2) is 24.6 Å². The predicted molar refractivity (Wildman–Crippen MR) is 107 cm³/mol. The van der Waals surface area contributed by atoms with E-state index in [1.165, 1.54) is 41.2 Å². The van der Waals surface area contributed by atoms with Gasteiger partial charge in [0.15, 0.2) is 15.0 Å². The maximum absolute atomic E-state index is 12.5. The number of nitrogens with zero attached hydrogens (tertiary/aromatic N) is 1. The van der Waals surface area contributed by atoms with E-state index in [0.717, 1.165) is 22.6 Å². The first-order valence-electron chi connectivity index (χ1n) is 8.59. The van der Waals surface area contributed by atoms with Crippen LogP contribution in [0.25, 0.3) is 11.3 Å². The van der Waals surface area contributed by atoms with Crippen molar-refractivity contribution in [3.8, 4) is 11.3 Å². The maximum Gasteiger partial charge on any atom is 0.257 e. The highest BCUT2D eigenvalue weighted by molar-refractivity contribution is 7.92. The lowest BCUT2D eigenvalue weighted by Crippen LogP contribution is -2.15. The predicted octanol–water partition coefficient (Wildman–Crippen LogP) is 4.15. The molecule has 0 unspecified atom stereocenters. The average Bonchev–Trinajstić information content (AvgIpc) is 3.18. The van der Waals surface area contributed by atoms with Crippen molar-refractivity contribution in [3.05, 3.63) is 64.5 Å². The molecule has 2 aromatic carbocycles. The van der Waals surface area contributed by atoms with Crippen LogP contribution < -0.4 is 5.32 Å². The molecule has 0 bridgehead atoms. The van der Waals surface area contributed by atoms with Crippen LogP contribution in [0.3, 0.4) is 0 Å². The molecule has 27 heavy (non-hydrogen) atoms. The van der Waals surface area contributed by atoms with Crippen molar-refractivity contribution in [2.75, 3.05) is 5.32 Å². The molecule has 0 atom stereocenters. The van der Waals surface area contributed by atoms with Gasteiger partial charge in [-0.3, -0.25) is 10.1 Å². The molecule has 5 nitrogen and oxygen atoms in total. The molecule has 0 radical (unpaired) electrons. The Morgan fingerprint density at radius 1 is 1.11 bits per heavy atom. The zero-order chi connectivity index (χ0) is 19.2. The van der Waals surface area contributed by atoms with Crippen LogP contribution in [0.15, 0.2) is 53.4 Å². The Morgan fingerprint density at radius 2 is 1.81 bits per heavy atom. The van der Waals surface area contributed by atoms with E-state index < -0.39 is 15.1 Å². The van der Waals surface area contributed by atoms with Crippen LogP contribution in [0.2, 0.25) is 0 Å². The molecule has 1 aliphatic carbocycles. The lowest BCUT2D eigenvalue weighted by Gasteiger charge is -2.08. The van der Waals surface area contributed by atoms with E-state index in [4.69, 9.17) is 0 Å². The van der Waals surface area contributed by atoms with E-state index in [-0.39, 0.29) is 10.8 Å². The Balaban J connectivity index is 1.53. The van der Waals surface area contributed by atoms with E-state index >= 15 is 0 Å². The summed E-state index contributed by atoms with van der Waals surface area (Å²) in [6.07, 6.45) is 0.834. The van der Waals surface area contributed by atoms with E-state index in [9.17, 15) is 13.2 Å². The van der Waals surface area contributed by atoms with Gasteiger partial charge in [-0.25, -0.2) is 13.4 Å². The number of hydrogen-bond acceptors (Lipinski definition) is 5. The van der Waals surface area contributed by atoms with Gasteiger partial charge in [-0.2, -0.15) is 0 Å². The topological polar surface area (TPSA) is 76.1 Å². The largest absolute Gasteiger partial charge is 0.298 e. The number of amides is 1. The van der Waals surface area contributed by atoms with Crippen molar-refractivity contribution < 1.29 is 13.2 Å². The lowest BCUT2D eigenvalue weighted by atomic mass is 10.1. The number of fused-ring (bicyclic) bond motifs is 3. The number of benzene rings is 2. The summed E-state index contributed by atoms with van der Waals surface area (Å²) in [5.74, 6) is -0.302. The number of nitrogens with one attached hydrogen (secondary N) is 1. The van der Waals surface area contributed by atoms with Gasteiger partial charge in [0.25, 0.3) is 5.91 Å². The van der Waals surface area contributed by atoms with Crippen molar-refractivity contribution in [2.24, 2.45) is 0 Å². The highest BCUT2D eigenvalue weighted by Crippen LogP contribution is 2.40. The van der Waals surface area contributed by atoms with E-state index in [0.29, 0.717) is 10.7 Å². The molecule has 1 aromatic heterocycles. The first kappa shape index (κ1) is 17.9. The van der Waals surface area contributed by atoms with Gasteiger partial charge >= 0.3 is 0 Å². The van der Waals surface area contributed by atoms with Crippen molar-refractivity contribution in [3.63, 3.8) is 0 Å². The Labute approximate surface area is 162 Å². The first-order valence-corrected chi connectivity index (χ1v) is 11.0. The van der Waals surface area contributed by atoms with Crippen molar-refractivity contribution in [2.45, 2.75) is 30.4 Å². The summed E-state index contributed by atoms with van der Waals surface area (Å²) in [4.78, 5) is 18.4. The fourth-order valence-electron chi connectivity index (χ4n) is 3.05. The molecule has 3 aromatic rings. The Kier molecular flexibility index (Phi) is 4.36. The minimum Gasteiger partial charge on any atom is -0.298 e. The zero-order valence-electron chi connectivity index (χ0n) is 14.9. The van der Waals surface area contributed by atoms with Gasteiger partial charge in [-0.05, 0) is 43.7 Å². The highest BCUT2D eigenvalue weighted by atomic mass is 32.2. The molecule has 0 aliphatic heterocycles. The fourth-order valence-corrected chi connectivity index (χ4v) is 5.11. The number of aromatic nitrogens is 1. The lowest BCUT2D eigenvalue weighted by molar-refractivity contribution is 0.102. The third kappa shape index (κ3) is 3.17. The molecule has 0 fully saturated rings. The molecule has 7 heteroatoms. The minimum absolute atomic E-state index is 0.221. The third-order valence-electron chi connectivity index (χ3n) is 4.61. The van der Waals surface area contributed by atoms with Crippen molar-refractivity contribution >= 4 is 32.2 Å². The minimum atomic E-state index is -3.35. The molecule has 1 aliphatic rings. The number of rotatable bonds is 4. The molecule has 4 rings (SSSR count). The van der Waals surface area contributed by atoms with E-state index in [1.54, 1.807) is 13.8 Å². The van der Waals surface area contributed by atoms with Gasteiger partial charge in [-0.15, -0.1) is 11.3 Å². The second-order valence-electron chi connectivity index (χ2n) is 6.70. The molecule has 0 saturated carbocycles. The highest BCUT2D eigenvalue weighted by Gasteiger charge is 2.24. The summed E-state index contributed by atoms with van der Waals surface area (Å²) in [6, 6.07) is 14.1. The molecule has 138 valence electrons. The average molecular weight is 399 g/mol. The molecule has 1 amide bonds. The fraction of sp³-hybridized carbons (Fsp3) is 0.200. The number of hydrogen-bond donors (Lipinski definition) is 1. The van der Waals surface area contributed by atoms with Crippen LogP contribution in [0.5, 0.6) is 0 Å². The molecule has 0 saturated heterocycles. The van der Waals surface area contributed by atoms with Crippen molar-refractivity contribution in [1.82, 2.24) is 4.98 Å². The van der Waals surface area contributed by atoms with Crippen molar-refractivity contribution in [1.29, 1.82) is 0 Å². The van der Waals surface area contributed by atoms with Gasteiger partial charge in [0.05, 0.1) is 15.8 Å². The van der Waals surface area contributed by atoms with Crippen LogP contribution in [0.1, 0.15) is 34.6 Å². The summed E-state index contributed by atoms with van der Waals surface area (Å²) < 4.78 is 24.4. The summed E-state index contributed by atoms with van der Waals surface area (Å²) >= 11 is 1.47. The van der Waals surface area contributed by atoms with Gasteiger partial charge in [0, 0.05) is 22.4 Å². The SMILES string of the molecule is CC(C)S(=O)(=O)c1ccc(C(=O)Nc2nc3c(s2)Cc2ccccc2-3)cc1. The molecular formula is C20H18N2O3S2. The Hall–Kier alpha value is -2.51. The van der Waals surface area contributed by atoms with Gasteiger partial charge in [0.1, 0.15) is 0 Å². The first-order chi connectivity index (χ1) is 12.9. The van der Waals surface area contributed by atoms with Crippen LogP contribution >= 0.6 is 11.3 Å². The smallest absolute Gasteiger partial charge is 0.257 e. The maximum atomic E-state index is 12.5. The van der Waals surface area contributed by atoms with E-state index in [2.05, 4.69) is 16.4 Å². The molecule has 1 N–H and O–H groups in total. The summed E-state index contributed by atoms with van der Waals surface area (Å²) in [7, 11) is -3.35. The van der Waals surface area contributed by atoms with Crippen LogP contribution in [0.4, 0.5) is 5.13 Å². The third-order valence-corrected chi connectivity index (χ3v) is 7.75. The molecule has 0 spiro atoms. The van der Waals surface area contributed by atoms with Gasteiger partial charge in [-0.1, -0.05) is 24.3 Å². The van der Waals surface area contributed by atoms with Gasteiger partial charge < -0.3 is 0 Å². The molecular weight excluding hydrogens is 380 g/mol. The number of sulfone groups is 1. The monoisotopic (exact) mass is 398 g/mol. The number of carbonyl (C=O) groups is 1. The summed E-state index contributed by atoms with van der Waals surface area (Å²) in [6.45, 7) is 3.27. The molecule has 1 heterocycles. The normalized spacial score (nSPS) is 12.7. The summed E-state index contributed by atoms with van der Waals surface area (Å²) in [5, 5.41) is 2.87. The Morgan fingerprint density at radius 3 is 2.52 bits per heavy atom.